The van der Waals surface area contributed by atoms with Crippen LogP contribution < -0.4 is 10.6 Å². The SMILES string of the molecule is O=C(NC1CCOC(C2CC2)C1)N[C@@H]1C[C@H]1c1ccc(F)cc1. The van der Waals surface area contributed by atoms with E-state index in [1.165, 1.54) is 25.0 Å². The number of nitrogens with one attached hydrogen (secondary N) is 2. The van der Waals surface area contributed by atoms with Crippen LogP contribution in [-0.4, -0.2) is 30.8 Å². The molecule has 4 atom stereocenters. The predicted octanol–water partition coefficient (Wildman–Crippen LogP) is 2.94. The number of urea groups is 1. The number of hydrogen-bond donors (Lipinski definition) is 2. The molecule has 5 heteroatoms. The number of halogens is 1. The maximum atomic E-state index is 12.9. The second-order valence-corrected chi connectivity index (χ2v) is 7.09. The Labute approximate surface area is 135 Å². The summed E-state index contributed by atoms with van der Waals surface area (Å²) in [6.45, 7) is 0.744. The first-order valence-corrected chi connectivity index (χ1v) is 8.63. The van der Waals surface area contributed by atoms with Crippen LogP contribution in [0.15, 0.2) is 24.3 Å². The summed E-state index contributed by atoms with van der Waals surface area (Å²) < 4.78 is 18.7. The molecule has 2 unspecified atom stereocenters. The largest absolute Gasteiger partial charge is 0.378 e. The molecule has 0 radical (unpaired) electrons. The first-order valence-electron chi connectivity index (χ1n) is 8.63. The van der Waals surface area contributed by atoms with E-state index >= 15 is 0 Å². The molecule has 0 aromatic heterocycles. The maximum Gasteiger partial charge on any atom is 0.315 e. The van der Waals surface area contributed by atoms with E-state index < -0.39 is 0 Å². The molecule has 2 amide bonds. The van der Waals surface area contributed by atoms with Gasteiger partial charge in [0, 0.05) is 24.6 Å². The van der Waals surface area contributed by atoms with Gasteiger partial charge in [-0.1, -0.05) is 12.1 Å². The van der Waals surface area contributed by atoms with Crippen LogP contribution in [-0.2, 0) is 4.74 Å². The highest BCUT2D eigenvalue weighted by atomic mass is 19.1. The van der Waals surface area contributed by atoms with Gasteiger partial charge in [0.2, 0.25) is 0 Å². The molecular weight excluding hydrogens is 295 g/mol. The van der Waals surface area contributed by atoms with Gasteiger partial charge in [-0.25, -0.2) is 9.18 Å². The lowest BCUT2D eigenvalue weighted by molar-refractivity contribution is -0.00914. The van der Waals surface area contributed by atoms with E-state index in [2.05, 4.69) is 10.6 Å². The van der Waals surface area contributed by atoms with Gasteiger partial charge in [-0.15, -0.1) is 0 Å². The highest BCUT2D eigenvalue weighted by Crippen LogP contribution is 2.41. The van der Waals surface area contributed by atoms with E-state index in [1.54, 1.807) is 12.1 Å². The molecule has 1 aliphatic heterocycles. The summed E-state index contributed by atoms with van der Waals surface area (Å²) in [7, 11) is 0. The molecule has 4 nitrogen and oxygen atoms in total. The zero-order chi connectivity index (χ0) is 15.8. The molecule has 1 heterocycles. The Morgan fingerprint density at radius 3 is 2.61 bits per heavy atom. The fourth-order valence-electron chi connectivity index (χ4n) is 3.58. The van der Waals surface area contributed by atoms with E-state index in [-0.39, 0.29) is 23.9 Å². The minimum atomic E-state index is -0.221. The smallest absolute Gasteiger partial charge is 0.315 e. The van der Waals surface area contributed by atoms with Crippen molar-refractivity contribution in [2.24, 2.45) is 5.92 Å². The summed E-state index contributed by atoms with van der Waals surface area (Å²) in [5, 5.41) is 6.13. The monoisotopic (exact) mass is 318 g/mol. The Balaban J connectivity index is 1.24. The minimum Gasteiger partial charge on any atom is -0.378 e. The third-order valence-corrected chi connectivity index (χ3v) is 5.20. The van der Waals surface area contributed by atoms with Gasteiger partial charge in [0.1, 0.15) is 5.82 Å². The van der Waals surface area contributed by atoms with Crippen molar-refractivity contribution in [1.29, 1.82) is 0 Å². The third kappa shape index (κ3) is 3.66. The molecule has 0 bridgehead atoms. The fraction of sp³-hybridized carbons (Fsp3) is 0.611. The van der Waals surface area contributed by atoms with Crippen molar-refractivity contribution in [2.45, 2.75) is 56.2 Å². The van der Waals surface area contributed by atoms with Crippen LogP contribution in [0.3, 0.4) is 0 Å². The number of carbonyl (C=O) groups excluding carboxylic acids is 1. The van der Waals surface area contributed by atoms with Crippen molar-refractivity contribution in [1.82, 2.24) is 10.6 Å². The average Bonchev–Trinajstić information content (AvgIpc) is 3.43. The van der Waals surface area contributed by atoms with Crippen LogP contribution in [0.4, 0.5) is 9.18 Å². The lowest BCUT2D eigenvalue weighted by Crippen LogP contribution is -2.47. The third-order valence-electron chi connectivity index (χ3n) is 5.20. The molecule has 2 aliphatic carbocycles. The number of ether oxygens (including phenoxy) is 1. The van der Waals surface area contributed by atoms with Gasteiger partial charge in [0.15, 0.2) is 0 Å². The number of amides is 2. The topological polar surface area (TPSA) is 50.4 Å². The second kappa shape index (κ2) is 6.11. The molecule has 4 rings (SSSR count). The molecule has 1 aromatic carbocycles. The van der Waals surface area contributed by atoms with Crippen LogP contribution in [0.2, 0.25) is 0 Å². The van der Waals surface area contributed by atoms with E-state index in [1.807, 2.05) is 0 Å². The average molecular weight is 318 g/mol. The van der Waals surface area contributed by atoms with E-state index in [0.717, 1.165) is 31.4 Å². The molecule has 3 fully saturated rings. The maximum absolute atomic E-state index is 12.9. The molecule has 3 aliphatic rings. The molecule has 23 heavy (non-hydrogen) atoms. The zero-order valence-electron chi connectivity index (χ0n) is 13.1. The van der Waals surface area contributed by atoms with E-state index in [0.29, 0.717) is 17.9 Å². The Hall–Kier alpha value is -1.62. The zero-order valence-corrected chi connectivity index (χ0v) is 13.1. The van der Waals surface area contributed by atoms with Crippen molar-refractivity contribution in [2.75, 3.05) is 6.61 Å². The van der Waals surface area contributed by atoms with E-state index in [4.69, 9.17) is 4.74 Å². The molecule has 2 saturated carbocycles. The first kappa shape index (κ1) is 14.9. The van der Waals surface area contributed by atoms with Gasteiger partial charge < -0.3 is 15.4 Å². The summed E-state index contributed by atoms with van der Waals surface area (Å²) in [6.07, 6.45) is 5.63. The standard InChI is InChI=1S/C18H23FN2O2/c19-13-5-3-11(4-6-13)15-10-16(15)21-18(22)20-14-7-8-23-17(9-14)12-1-2-12/h3-6,12,14-17H,1-2,7-10H2,(H2,20,21,22)/t14?,15-,16+,17?/m0/s1. The quantitative estimate of drug-likeness (QED) is 0.897. The molecule has 124 valence electrons. The number of benzene rings is 1. The van der Waals surface area contributed by atoms with E-state index in [9.17, 15) is 9.18 Å². The van der Waals surface area contributed by atoms with Crippen molar-refractivity contribution in [3.8, 4) is 0 Å². The van der Waals surface area contributed by atoms with Crippen LogP contribution in [0, 0.1) is 11.7 Å². The van der Waals surface area contributed by atoms with Gasteiger partial charge in [-0.2, -0.15) is 0 Å². The van der Waals surface area contributed by atoms with Crippen LogP contribution in [0.5, 0.6) is 0 Å². The lowest BCUT2D eigenvalue weighted by Gasteiger charge is -2.30. The van der Waals surface area contributed by atoms with Gasteiger partial charge in [0.25, 0.3) is 0 Å². The Morgan fingerprint density at radius 2 is 1.87 bits per heavy atom. The Morgan fingerprint density at radius 1 is 1.09 bits per heavy atom. The summed E-state index contributed by atoms with van der Waals surface area (Å²) in [5.74, 6) is 0.811. The lowest BCUT2D eigenvalue weighted by atomic mass is 10.0. The molecule has 2 N–H and O–H groups in total. The minimum absolute atomic E-state index is 0.0824. The first-order chi connectivity index (χ1) is 11.2. The van der Waals surface area contributed by atoms with Crippen LogP contribution >= 0.6 is 0 Å². The molecular formula is C18H23FN2O2. The number of hydrogen-bond acceptors (Lipinski definition) is 2. The van der Waals surface area contributed by atoms with Crippen molar-refractivity contribution < 1.29 is 13.9 Å². The van der Waals surface area contributed by atoms with Crippen LogP contribution in [0.25, 0.3) is 0 Å². The fourth-order valence-corrected chi connectivity index (χ4v) is 3.58. The van der Waals surface area contributed by atoms with Crippen molar-refractivity contribution in [3.05, 3.63) is 35.6 Å². The van der Waals surface area contributed by atoms with Gasteiger partial charge in [-0.3, -0.25) is 0 Å². The molecule has 0 spiro atoms. The predicted molar refractivity (Wildman–Crippen MR) is 84.7 cm³/mol. The van der Waals surface area contributed by atoms with Gasteiger partial charge >= 0.3 is 6.03 Å². The molecule has 1 aromatic rings. The number of rotatable bonds is 4. The second-order valence-electron chi connectivity index (χ2n) is 7.09. The number of carbonyl (C=O) groups is 1. The summed E-state index contributed by atoms with van der Waals surface area (Å²) in [6, 6.07) is 6.87. The molecule has 1 saturated heterocycles. The normalized spacial score (nSPS) is 33.1. The Bertz CT molecular complexity index is 573. The Kier molecular flexibility index (Phi) is 3.97. The highest BCUT2D eigenvalue weighted by molar-refractivity contribution is 5.75. The van der Waals surface area contributed by atoms with Gasteiger partial charge in [0.05, 0.1) is 6.10 Å². The summed E-state index contributed by atoms with van der Waals surface area (Å²) >= 11 is 0. The summed E-state index contributed by atoms with van der Waals surface area (Å²) in [5.41, 5.74) is 1.09. The van der Waals surface area contributed by atoms with Crippen LogP contribution in [0.1, 0.15) is 43.6 Å². The van der Waals surface area contributed by atoms with Crippen molar-refractivity contribution in [3.63, 3.8) is 0 Å². The van der Waals surface area contributed by atoms with Crippen molar-refractivity contribution >= 4 is 6.03 Å². The summed E-state index contributed by atoms with van der Waals surface area (Å²) in [4.78, 5) is 12.2. The van der Waals surface area contributed by atoms with Gasteiger partial charge in [-0.05, 0) is 55.7 Å². The highest BCUT2D eigenvalue weighted by Gasteiger charge is 2.40.